The lowest BCUT2D eigenvalue weighted by Crippen LogP contribution is -2.23. The number of rotatable bonds is 6. The van der Waals surface area contributed by atoms with Crippen molar-refractivity contribution in [1.82, 2.24) is 0 Å². The van der Waals surface area contributed by atoms with E-state index < -0.39 is 12.7 Å². The van der Waals surface area contributed by atoms with E-state index in [4.69, 9.17) is 19.3 Å². The minimum atomic E-state index is -0.926. The maximum atomic E-state index is 10.6. The van der Waals surface area contributed by atoms with Gasteiger partial charge in [0.1, 0.15) is 0 Å². The van der Waals surface area contributed by atoms with Crippen LogP contribution < -0.4 is 14.2 Å². The molecule has 0 heterocycles. The Labute approximate surface area is 93.6 Å². The molecule has 0 radical (unpaired) electrons. The fourth-order valence-corrected chi connectivity index (χ4v) is 1.19. The van der Waals surface area contributed by atoms with Gasteiger partial charge in [0.25, 0.3) is 0 Å². The average molecular weight is 226 g/mol. The molecular formula is C11H14O5. The minimum absolute atomic E-state index is 0.304. The second-order valence-corrected chi connectivity index (χ2v) is 2.97. The smallest absolute Gasteiger partial charge is 0.204 e. The first kappa shape index (κ1) is 12.3. The van der Waals surface area contributed by atoms with Crippen LogP contribution in [0, 0.1) is 0 Å². The number of hydrogen-bond donors (Lipinski definition) is 1. The van der Waals surface area contributed by atoms with E-state index in [0.29, 0.717) is 23.5 Å². The quantitative estimate of drug-likeness (QED) is 0.721. The number of hydrogen-bond acceptors (Lipinski definition) is 5. The van der Waals surface area contributed by atoms with E-state index >= 15 is 0 Å². The largest absolute Gasteiger partial charge is 0.493 e. The summed E-state index contributed by atoms with van der Waals surface area (Å²) in [6, 6.07) is 5.09. The number of methoxy groups -OCH3 is 2. The highest BCUT2D eigenvalue weighted by Gasteiger charge is 2.16. The molecule has 0 fully saturated rings. The Balaban J connectivity index is 3.03. The molecule has 0 amide bonds. The van der Waals surface area contributed by atoms with Gasteiger partial charge in [0.15, 0.2) is 23.9 Å². The summed E-state index contributed by atoms with van der Waals surface area (Å²) in [5.41, 5.74) is 0. The number of benzene rings is 1. The van der Waals surface area contributed by atoms with Crippen LogP contribution >= 0.6 is 0 Å². The third kappa shape index (κ3) is 2.64. The van der Waals surface area contributed by atoms with Crippen molar-refractivity contribution in [2.75, 3.05) is 20.8 Å². The van der Waals surface area contributed by atoms with Crippen molar-refractivity contribution in [3.63, 3.8) is 0 Å². The van der Waals surface area contributed by atoms with Gasteiger partial charge in [0.2, 0.25) is 5.75 Å². The molecule has 1 N–H and O–H groups in total. The molecule has 88 valence electrons. The lowest BCUT2D eigenvalue weighted by Gasteiger charge is -2.16. The second kappa shape index (κ2) is 5.97. The summed E-state index contributed by atoms with van der Waals surface area (Å²) in [6.07, 6.45) is -0.406. The Morgan fingerprint density at radius 2 is 1.88 bits per heavy atom. The highest BCUT2D eigenvalue weighted by atomic mass is 16.5. The molecule has 1 aromatic carbocycles. The second-order valence-electron chi connectivity index (χ2n) is 2.97. The van der Waals surface area contributed by atoms with E-state index in [0.717, 1.165) is 0 Å². The summed E-state index contributed by atoms with van der Waals surface area (Å²) >= 11 is 0. The van der Waals surface area contributed by atoms with E-state index in [9.17, 15) is 4.79 Å². The van der Waals surface area contributed by atoms with Crippen LogP contribution in [-0.2, 0) is 4.79 Å². The first-order chi connectivity index (χ1) is 7.76. The summed E-state index contributed by atoms with van der Waals surface area (Å²) in [5.74, 6) is 1.19. The van der Waals surface area contributed by atoms with Gasteiger partial charge in [-0.15, -0.1) is 0 Å². The Hall–Kier alpha value is -1.75. The third-order valence-electron chi connectivity index (χ3n) is 1.98. The molecule has 1 aromatic rings. The maximum absolute atomic E-state index is 10.6. The summed E-state index contributed by atoms with van der Waals surface area (Å²) in [7, 11) is 2.97. The molecule has 1 rings (SSSR count). The topological polar surface area (TPSA) is 65.0 Å². The zero-order valence-corrected chi connectivity index (χ0v) is 9.17. The number of ether oxygens (including phenoxy) is 3. The van der Waals surface area contributed by atoms with Gasteiger partial charge in [-0.1, -0.05) is 6.07 Å². The third-order valence-corrected chi connectivity index (χ3v) is 1.98. The van der Waals surface area contributed by atoms with Crippen LogP contribution in [0.25, 0.3) is 0 Å². The fraction of sp³-hybridized carbons (Fsp3) is 0.364. The molecule has 0 aliphatic heterocycles. The minimum Gasteiger partial charge on any atom is -0.493 e. The molecule has 1 unspecified atom stereocenters. The van der Waals surface area contributed by atoms with Gasteiger partial charge in [-0.2, -0.15) is 0 Å². The van der Waals surface area contributed by atoms with Crippen LogP contribution in [-0.4, -0.2) is 38.3 Å². The molecule has 0 aliphatic rings. The first-order valence-electron chi connectivity index (χ1n) is 4.70. The van der Waals surface area contributed by atoms with Gasteiger partial charge in [-0.25, -0.2) is 0 Å². The van der Waals surface area contributed by atoms with Crippen molar-refractivity contribution >= 4 is 6.29 Å². The van der Waals surface area contributed by atoms with Crippen LogP contribution in [0.5, 0.6) is 17.2 Å². The van der Waals surface area contributed by atoms with Crippen LogP contribution in [0.15, 0.2) is 18.2 Å². The average Bonchev–Trinajstić information content (AvgIpc) is 2.35. The van der Waals surface area contributed by atoms with Gasteiger partial charge in [0.05, 0.1) is 20.8 Å². The summed E-state index contributed by atoms with van der Waals surface area (Å²) < 4.78 is 15.4. The molecule has 0 aliphatic carbocycles. The molecular weight excluding hydrogens is 212 g/mol. The van der Waals surface area contributed by atoms with Crippen LogP contribution in [0.1, 0.15) is 0 Å². The first-order valence-corrected chi connectivity index (χ1v) is 4.70. The molecule has 5 nitrogen and oxygen atoms in total. The summed E-state index contributed by atoms with van der Waals surface area (Å²) in [6.45, 7) is -0.398. The summed E-state index contributed by atoms with van der Waals surface area (Å²) in [4.78, 5) is 10.6. The molecule has 0 aromatic heterocycles. The maximum Gasteiger partial charge on any atom is 0.204 e. The van der Waals surface area contributed by atoms with Crippen molar-refractivity contribution in [3.8, 4) is 17.2 Å². The Morgan fingerprint density at radius 1 is 1.31 bits per heavy atom. The van der Waals surface area contributed by atoms with Crippen molar-refractivity contribution in [1.29, 1.82) is 0 Å². The van der Waals surface area contributed by atoms with E-state index in [2.05, 4.69) is 0 Å². The van der Waals surface area contributed by atoms with E-state index in [-0.39, 0.29) is 0 Å². The van der Waals surface area contributed by atoms with Crippen LogP contribution in [0.4, 0.5) is 0 Å². The van der Waals surface area contributed by atoms with Gasteiger partial charge in [0, 0.05) is 0 Å². The summed E-state index contributed by atoms with van der Waals surface area (Å²) in [5, 5.41) is 8.88. The fourth-order valence-electron chi connectivity index (χ4n) is 1.19. The predicted molar refractivity (Wildman–Crippen MR) is 57.1 cm³/mol. The Morgan fingerprint density at radius 3 is 2.25 bits per heavy atom. The Bertz CT molecular complexity index is 328. The highest BCUT2D eigenvalue weighted by Crippen LogP contribution is 2.37. The van der Waals surface area contributed by atoms with Crippen molar-refractivity contribution < 1.29 is 24.1 Å². The van der Waals surface area contributed by atoms with E-state index in [1.807, 2.05) is 0 Å². The standard InChI is InChI=1S/C11H14O5/c1-14-9-4-3-5-10(15-2)11(9)16-8(6-12)7-13/h3-6,8,13H,7H2,1-2H3. The molecule has 0 saturated carbocycles. The van der Waals surface area contributed by atoms with Crippen molar-refractivity contribution in [2.24, 2.45) is 0 Å². The molecule has 0 spiro atoms. The monoisotopic (exact) mass is 226 g/mol. The van der Waals surface area contributed by atoms with Crippen LogP contribution in [0.3, 0.4) is 0 Å². The van der Waals surface area contributed by atoms with Crippen LogP contribution in [0.2, 0.25) is 0 Å². The zero-order chi connectivity index (χ0) is 12.0. The number of carbonyl (C=O) groups is 1. The molecule has 0 bridgehead atoms. The lowest BCUT2D eigenvalue weighted by molar-refractivity contribution is -0.115. The van der Waals surface area contributed by atoms with Gasteiger partial charge in [-0.05, 0) is 12.1 Å². The molecule has 1 atom stereocenters. The molecule has 0 saturated heterocycles. The van der Waals surface area contributed by atoms with E-state index in [1.165, 1.54) is 14.2 Å². The number of aldehydes is 1. The van der Waals surface area contributed by atoms with E-state index in [1.54, 1.807) is 18.2 Å². The van der Waals surface area contributed by atoms with Gasteiger partial charge in [-0.3, -0.25) is 4.79 Å². The number of carbonyl (C=O) groups excluding carboxylic acids is 1. The zero-order valence-electron chi connectivity index (χ0n) is 9.17. The number of aliphatic hydroxyl groups is 1. The van der Waals surface area contributed by atoms with Gasteiger partial charge >= 0.3 is 0 Å². The highest BCUT2D eigenvalue weighted by molar-refractivity contribution is 5.59. The number of aliphatic hydroxyl groups excluding tert-OH is 1. The molecule has 16 heavy (non-hydrogen) atoms. The lowest BCUT2D eigenvalue weighted by atomic mass is 10.3. The number of para-hydroxylation sites is 1. The predicted octanol–water partition coefficient (Wildman–Crippen LogP) is 0.642. The Kier molecular flexibility index (Phi) is 4.60. The van der Waals surface area contributed by atoms with Crippen molar-refractivity contribution in [3.05, 3.63) is 18.2 Å². The SMILES string of the molecule is COc1cccc(OC)c1OC(C=O)CO. The van der Waals surface area contributed by atoms with Crippen molar-refractivity contribution in [2.45, 2.75) is 6.10 Å². The normalized spacial score (nSPS) is 11.7. The molecule has 5 heteroatoms. The van der Waals surface area contributed by atoms with Gasteiger partial charge < -0.3 is 19.3 Å².